The highest BCUT2D eigenvalue weighted by Gasteiger charge is 2.16. The number of nitrogens with one attached hydrogen (secondary N) is 2. The molecule has 6 nitrogen and oxygen atoms in total. The van der Waals surface area contributed by atoms with E-state index >= 15 is 0 Å². The van der Waals surface area contributed by atoms with Gasteiger partial charge in [0, 0.05) is 5.56 Å². The molecule has 0 aromatic heterocycles. The zero-order valence-electron chi connectivity index (χ0n) is 13.4. The van der Waals surface area contributed by atoms with Crippen molar-refractivity contribution in [2.24, 2.45) is 4.99 Å². The summed E-state index contributed by atoms with van der Waals surface area (Å²) in [7, 11) is 0. The molecular weight excluding hydrogens is 318 g/mol. The van der Waals surface area contributed by atoms with Crippen LogP contribution in [0.1, 0.15) is 15.9 Å². The second kappa shape index (κ2) is 7.92. The van der Waals surface area contributed by atoms with Crippen LogP contribution in [-0.4, -0.2) is 30.9 Å². The molecule has 0 saturated carbocycles. The average Bonchev–Trinajstić information content (AvgIpc) is 3.06. The number of cyclic esters (lactones) is 1. The molecule has 2 aromatic carbocycles. The Morgan fingerprint density at radius 3 is 2.40 bits per heavy atom. The van der Waals surface area contributed by atoms with Crippen LogP contribution in [0.5, 0.6) is 0 Å². The maximum Gasteiger partial charge on any atom is 0.334 e. The van der Waals surface area contributed by atoms with Crippen molar-refractivity contribution in [3.8, 4) is 0 Å². The smallest absolute Gasteiger partial charge is 0.334 e. The van der Waals surface area contributed by atoms with Crippen LogP contribution < -0.4 is 10.6 Å². The standard InChI is InChI=1S/C19H17N3O3/c23-18-13-21-17(25-18)12-20-16(11-14-7-3-1-4-8-14)22-19(24)15-9-5-2-6-10-15/h1-11,20H,12-13H2,(H,22,24)/b16-11+. The first-order valence-corrected chi connectivity index (χ1v) is 7.82. The predicted octanol–water partition coefficient (Wildman–Crippen LogP) is 1.96. The number of carbonyl (C=O) groups excluding carboxylic acids is 2. The Bertz CT molecular complexity index is 814. The molecule has 0 unspecified atom stereocenters. The first-order chi connectivity index (χ1) is 12.2. The maximum absolute atomic E-state index is 12.4. The Kier molecular flexibility index (Phi) is 5.21. The first kappa shape index (κ1) is 16.4. The lowest BCUT2D eigenvalue weighted by Crippen LogP contribution is -2.34. The molecule has 2 aromatic rings. The first-order valence-electron chi connectivity index (χ1n) is 7.82. The third kappa shape index (κ3) is 4.78. The number of nitrogens with zero attached hydrogens (tertiary/aromatic N) is 1. The molecule has 1 aliphatic heterocycles. The van der Waals surface area contributed by atoms with Gasteiger partial charge in [-0.05, 0) is 23.8 Å². The van der Waals surface area contributed by atoms with Gasteiger partial charge in [0.15, 0.2) is 0 Å². The van der Waals surface area contributed by atoms with E-state index in [1.807, 2.05) is 36.4 Å². The fraction of sp³-hybridized carbons (Fsp3) is 0.105. The third-order valence-electron chi connectivity index (χ3n) is 3.44. The van der Waals surface area contributed by atoms with E-state index in [-0.39, 0.29) is 25.0 Å². The lowest BCUT2D eigenvalue weighted by Gasteiger charge is -2.13. The molecule has 1 aliphatic rings. The fourth-order valence-electron chi connectivity index (χ4n) is 2.24. The van der Waals surface area contributed by atoms with Gasteiger partial charge >= 0.3 is 5.97 Å². The minimum absolute atomic E-state index is 0.0329. The lowest BCUT2D eigenvalue weighted by molar-refractivity contribution is -0.132. The minimum Gasteiger partial charge on any atom is -0.409 e. The van der Waals surface area contributed by atoms with Gasteiger partial charge in [-0.15, -0.1) is 0 Å². The molecule has 6 heteroatoms. The summed E-state index contributed by atoms with van der Waals surface area (Å²) in [6.45, 7) is 0.241. The largest absolute Gasteiger partial charge is 0.409 e. The Morgan fingerprint density at radius 2 is 1.76 bits per heavy atom. The van der Waals surface area contributed by atoms with Crippen LogP contribution in [0.4, 0.5) is 0 Å². The molecule has 0 aliphatic carbocycles. The second-order valence-corrected chi connectivity index (χ2v) is 5.33. The van der Waals surface area contributed by atoms with E-state index in [1.165, 1.54) is 0 Å². The molecule has 126 valence electrons. The Morgan fingerprint density at radius 1 is 1.08 bits per heavy atom. The molecule has 0 fully saturated rings. The quantitative estimate of drug-likeness (QED) is 0.791. The zero-order valence-corrected chi connectivity index (χ0v) is 13.4. The van der Waals surface area contributed by atoms with Gasteiger partial charge in [0.1, 0.15) is 12.4 Å². The molecule has 1 heterocycles. The van der Waals surface area contributed by atoms with E-state index < -0.39 is 0 Å². The van der Waals surface area contributed by atoms with E-state index in [9.17, 15) is 9.59 Å². The summed E-state index contributed by atoms with van der Waals surface area (Å²) in [5, 5.41) is 5.89. The summed E-state index contributed by atoms with van der Waals surface area (Å²) in [6.07, 6.45) is 1.80. The molecular formula is C19H17N3O3. The highest BCUT2D eigenvalue weighted by Crippen LogP contribution is 2.06. The topological polar surface area (TPSA) is 79.8 Å². The monoisotopic (exact) mass is 335 g/mol. The third-order valence-corrected chi connectivity index (χ3v) is 3.44. The number of benzene rings is 2. The average molecular weight is 335 g/mol. The lowest BCUT2D eigenvalue weighted by atomic mass is 10.2. The zero-order chi connectivity index (χ0) is 17.5. The molecule has 0 radical (unpaired) electrons. The molecule has 0 bridgehead atoms. The summed E-state index contributed by atoms with van der Waals surface area (Å²) in [6, 6.07) is 18.5. The van der Waals surface area contributed by atoms with E-state index in [0.29, 0.717) is 17.3 Å². The van der Waals surface area contributed by atoms with E-state index in [2.05, 4.69) is 15.6 Å². The maximum atomic E-state index is 12.4. The summed E-state index contributed by atoms with van der Waals surface area (Å²) < 4.78 is 4.96. The number of amides is 1. The highest BCUT2D eigenvalue weighted by atomic mass is 16.6. The van der Waals surface area contributed by atoms with Gasteiger partial charge < -0.3 is 15.4 Å². The van der Waals surface area contributed by atoms with Gasteiger partial charge in [0.05, 0.1) is 6.54 Å². The van der Waals surface area contributed by atoms with Gasteiger partial charge in [0.25, 0.3) is 5.91 Å². The van der Waals surface area contributed by atoms with Crippen molar-refractivity contribution in [2.75, 3.05) is 13.1 Å². The van der Waals surface area contributed by atoms with E-state index in [0.717, 1.165) is 5.56 Å². The molecule has 0 atom stereocenters. The number of aliphatic imine (C=N–C) groups is 1. The summed E-state index contributed by atoms with van der Waals surface area (Å²) in [4.78, 5) is 27.5. The van der Waals surface area contributed by atoms with E-state index in [4.69, 9.17) is 4.74 Å². The number of hydrogen-bond donors (Lipinski definition) is 2. The number of esters is 1. The number of rotatable bonds is 6. The van der Waals surface area contributed by atoms with Gasteiger partial charge in [-0.3, -0.25) is 4.79 Å². The number of ether oxygens (including phenoxy) is 1. The van der Waals surface area contributed by atoms with Gasteiger partial charge in [-0.2, -0.15) is 0 Å². The molecule has 2 N–H and O–H groups in total. The van der Waals surface area contributed by atoms with Crippen LogP contribution in [0.3, 0.4) is 0 Å². The van der Waals surface area contributed by atoms with Crippen LogP contribution in [-0.2, 0) is 9.53 Å². The van der Waals surface area contributed by atoms with Crippen molar-refractivity contribution in [1.82, 2.24) is 10.6 Å². The van der Waals surface area contributed by atoms with E-state index in [1.54, 1.807) is 30.3 Å². The Balaban J connectivity index is 1.73. The second-order valence-electron chi connectivity index (χ2n) is 5.33. The fourth-order valence-corrected chi connectivity index (χ4v) is 2.24. The highest BCUT2D eigenvalue weighted by molar-refractivity contribution is 5.97. The van der Waals surface area contributed by atoms with Crippen LogP contribution in [0.25, 0.3) is 6.08 Å². The van der Waals surface area contributed by atoms with Crippen molar-refractivity contribution in [3.63, 3.8) is 0 Å². The van der Waals surface area contributed by atoms with Crippen molar-refractivity contribution >= 4 is 23.9 Å². The molecule has 0 saturated heterocycles. The van der Waals surface area contributed by atoms with Crippen molar-refractivity contribution < 1.29 is 14.3 Å². The molecule has 25 heavy (non-hydrogen) atoms. The van der Waals surface area contributed by atoms with Crippen LogP contribution in [0.2, 0.25) is 0 Å². The predicted molar refractivity (Wildman–Crippen MR) is 94.7 cm³/mol. The van der Waals surface area contributed by atoms with Crippen molar-refractivity contribution in [2.45, 2.75) is 0 Å². The number of carbonyl (C=O) groups is 2. The number of hydrogen-bond acceptors (Lipinski definition) is 5. The summed E-state index contributed by atoms with van der Waals surface area (Å²) in [5.74, 6) is 0.183. The normalized spacial score (nSPS) is 13.8. The van der Waals surface area contributed by atoms with Gasteiger partial charge in [0.2, 0.25) is 5.90 Å². The van der Waals surface area contributed by atoms with Gasteiger partial charge in [-0.25, -0.2) is 9.79 Å². The van der Waals surface area contributed by atoms with Crippen molar-refractivity contribution in [3.05, 3.63) is 77.6 Å². The Hall–Kier alpha value is -3.41. The molecule has 3 rings (SSSR count). The molecule has 1 amide bonds. The Labute approximate surface area is 145 Å². The SMILES string of the molecule is O=C1CN=C(CN/C(=C\c2ccccc2)NC(=O)c2ccccc2)O1. The van der Waals surface area contributed by atoms with Crippen molar-refractivity contribution in [1.29, 1.82) is 0 Å². The van der Waals surface area contributed by atoms with Crippen LogP contribution in [0, 0.1) is 0 Å². The van der Waals surface area contributed by atoms with Crippen LogP contribution in [0.15, 0.2) is 71.5 Å². The summed E-state index contributed by atoms with van der Waals surface area (Å²) in [5.41, 5.74) is 1.47. The minimum atomic E-state index is -0.376. The van der Waals surface area contributed by atoms with Gasteiger partial charge in [-0.1, -0.05) is 48.5 Å². The summed E-state index contributed by atoms with van der Waals surface area (Å²) >= 11 is 0. The van der Waals surface area contributed by atoms with Crippen LogP contribution >= 0.6 is 0 Å². The molecule has 0 spiro atoms.